The summed E-state index contributed by atoms with van der Waals surface area (Å²) in [5.41, 5.74) is 4.46. The molecule has 5 heteroatoms. The second kappa shape index (κ2) is 10.1. The molecule has 1 aliphatic rings. The Bertz CT molecular complexity index is 1490. The molecule has 5 rings (SSSR count). The van der Waals surface area contributed by atoms with Crippen LogP contribution in [0.15, 0.2) is 84.9 Å². The van der Waals surface area contributed by atoms with Crippen molar-refractivity contribution in [3.05, 3.63) is 102 Å². The van der Waals surface area contributed by atoms with Gasteiger partial charge in [0.1, 0.15) is 17.5 Å². The molecule has 0 spiro atoms. The van der Waals surface area contributed by atoms with Crippen LogP contribution in [-0.2, 0) is 4.74 Å². The molecule has 0 radical (unpaired) electrons. The molecule has 1 aliphatic heterocycles. The minimum atomic E-state index is -0.176. The number of hydrogen-bond donors (Lipinski definition) is 0. The lowest BCUT2D eigenvalue weighted by molar-refractivity contribution is -0.0592. The minimum absolute atomic E-state index is 0.157. The number of amides is 1. The van der Waals surface area contributed by atoms with Crippen molar-refractivity contribution in [2.24, 2.45) is 0 Å². The summed E-state index contributed by atoms with van der Waals surface area (Å²) in [5.74, 6) is 0.211. The maximum absolute atomic E-state index is 13.8. The lowest BCUT2D eigenvalue weighted by Gasteiger charge is -2.35. The van der Waals surface area contributed by atoms with E-state index in [1.807, 2.05) is 78.9 Å². The van der Waals surface area contributed by atoms with Crippen LogP contribution in [0.25, 0.3) is 22.7 Å². The van der Waals surface area contributed by atoms with Crippen molar-refractivity contribution < 1.29 is 9.53 Å². The summed E-state index contributed by atoms with van der Waals surface area (Å²) in [5, 5.41) is 11.2. The number of rotatable bonds is 5. The number of allylic oxidation sites excluding steroid dienone is 1. The third kappa shape index (κ3) is 5.07. The zero-order chi connectivity index (χ0) is 26.0. The molecule has 186 valence electrons. The fourth-order valence-electron chi connectivity index (χ4n) is 5.22. The lowest BCUT2D eigenvalue weighted by atomic mass is 9.83. The summed E-state index contributed by atoms with van der Waals surface area (Å²) < 4.78 is 7.73. The van der Waals surface area contributed by atoms with Gasteiger partial charge in [0, 0.05) is 24.7 Å². The number of hydrogen-bond acceptors (Lipinski definition) is 3. The van der Waals surface area contributed by atoms with Gasteiger partial charge in [-0.15, -0.1) is 0 Å². The molecule has 1 saturated heterocycles. The van der Waals surface area contributed by atoms with E-state index in [9.17, 15) is 10.1 Å². The van der Waals surface area contributed by atoms with Gasteiger partial charge in [0.15, 0.2) is 0 Å². The first-order chi connectivity index (χ1) is 17.9. The molecule has 37 heavy (non-hydrogen) atoms. The van der Waals surface area contributed by atoms with E-state index in [1.54, 1.807) is 16.5 Å². The molecule has 1 aromatic heterocycles. The molecule has 2 heterocycles. The van der Waals surface area contributed by atoms with E-state index >= 15 is 0 Å². The van der Waals surface area contributed by atoms with Gasteiger partial charge < -0.3 is 9.64 Å². The van der Waals surface area contributed by atoms with Crippen LogP contribution >= 0.6 is 0 Å². The summed E-state index contributed by atoms with van der Waals surface area (Å²) in [6.07, 6.45) is 3.74. The molecule has 1 atom stereocenters. The Labute approximate surface area is 218 Å². The van der Waals surface area contributed by atoms with Gasteiger partial charge in [-0.1, -0.05) is 54.6 Å². The molecule has 1 amide bonds. The van der Waals surface area contributed by atoms with Gasteiger partial charge >= 0.3 is 0 Å². The smallest absolute Gasteiger partial charge is 0.275 e. The molecule has 3 aromatic carbocycles. The van der Waals surface area contributed by atoms with Gasteiger partial charge in [-0.2, -0.15) is 5.26 Å². The topological polar surface area (TPSA) is 58.3 Å². The van der Waals surface area contributed by atoms with Crippen LogP contribution in [0.5, 0.6) is 0 Å². The van der Waals surface area contributed by atoms with Gasteiger partial charge in [0.2, 0.25) is 0 Å². The fourth-order valence-corrected chi connectivity index (χ4v) is 5.22. The van der Waals surface area contributed by atoms with Gasteiger partial charge in [-0.25, -0.2) is 0 Å². The van der Waals surface area contributed by atoms with Crippen LogP contribution in [0.1, 0.15) is 54.2 Å². The van der Waals surface area contributed by atoms with Crippen molar-refractivity contribution in [3.8, 4) is 6.07 Å². The normalized spacial score (nSPS) is 17.4. The maximum atomic E-state index is 13.8. The third-order valence-corrected chi connectivity index (χ3v) is 7.12. The fraction of sp³-hybridized carbons (Fsp3) is 0.250. The van der Waals surface area contributed by atoms with Gasteiger partial charge in [-0.3, -0.25) is 9.36 Å². The Morgan fingerprint density at radius 2 is 1.76 bits per heavy atom. The van der Waals surface area contributed by atoms with Crippen LogP contribution in [0.3, 0.4) is 0 Å². The maximum Gasteiger partial charge on any atom is 0.275 e. The number of anilines is 1. The van der Waals surface area contributed by atoms with E-state index in [0.29, 0.717) is 17.3 Å². The van der Waals surface area contributed by atoms with Crippen molar-refractivity contribution >= 4 is 34.3 Å². The summed E-state index contributed by atoms with van der Waals surface area (Å²) >= 11 is 0. The van der Waals surface area contributed by atoms with Gasteiger partial charge in [0.25, 0.3) is 5.91 Å². The molecule has 0 aliphatic carbocycles. The van der Waals surface area contributed by atoms with E-state index in [2.05, 4.69) is 32.0 Å². The van der Waals surface area contributed by atoms with Crippen molar-refractivity contribution in [3.63, 3.8) is 0 Å². The Morgan fingerprint density at radius 3 is 2.43 bits per heavy atom. The van der Waals surface area contributed by atoms with Crippen molar-refractivity contribution in [2.75, 3.05) is 18.6 Å². The van der Waals surface area contributed by atoms with Crippen LogP contribution in [0.4, 0.5) is 5.69 Å². The molecule has 4 aromatic rings. The largest absolute Gasteiger partial charge is 0.376 e. The molecule has 1 fully saturated rings. The summed E-state index contributed by atoms with van der Waals surface area (Å²) in [6.45, 7) is 5.01. The van der Waals surface area contributed by atoms with Crippen LogP contribution in [-0.4, -0.2) is 29.7 Å². The van der Waals surface area contributed by atoms with Crippen LogP contribution in [0, 0.1) is 11.3 Å². The predicted octanol–water partition coefficient (Wildman–Crippen LogP) is 7.11. The van der Waals surface area contributed by atoms with Gasteiger partial charge in [-0.05, 0) is 80.1 Å². The third-order valence-electron chi connectivity index (χ3n) is 7.12. The molecular weight excluding hydrogens is 458 g/mol. The second-order valence-electron chi connectivity index (χ2n) is 10.2. The average molecular weight is 490 g/mol. The van der Waals surface area contributed by atoms with E-state index in [1.165, 1.54) is 5.56 Å². The highest BCUT2D eigenvalue weighted by Gasteiger charge is 2.30. The zero-order valence-electron chi connectivity index (χ0n) is 21.5. The standard InChI is InChI=1S/C32H31N3O2/c1-32(2)21-25(16-17-37-32)24-14-15-29-26(19-24)20-30(31(36)34(3)27-12-8-5-9-13-27)35(29)28(22-33)18-23-10-6-4-7-11-23/h4-15,18-20,25H,16-17,21H2,1-3H3/b28-18+/t25-/m0/s1. The summed E-state index contributed by atoms with van der Waals surface area (Å²) in [6, 6.07) is 29.9. The SMILES string of the molecule is CN(C(=O)c1cc2cc([C@H]3CCOC(C)(C)C3)ccc2n1/C(C#N)=C/c1ccccc1)c1ccccc1. The number of carbonyl (C=O) groups excluding carboxylic acids is 1. The number of para-hydroxylation sites is 1. The van der Waals surface area contributed by atoms with Crippen molar-refractivity contribution in [2.45, 2.75) is 38.2 Å². The molecule has 0 N–H and O–H groups in total. The zero-order valence-corrected chi connectivity index (χ0v) is 21.5. The number of ether oxygens (including phenoxy) is 1. The van der Waals surface area contributed by atoms with Crippen molar-refractivity contribution in [1.82, 2.24) is 4.57 Å². The van der Waals surface area contributed by atoms with Gasteiger partial charge in [0.05, 0.1) is 11.1 Å². The predicted molar refractivity (Wildman–Crippen MR) is 149 cm³/mol. The van der Waals surface area contributed by atoms with Crippen LogP contribution in [0.2, 0.25) is 0 Å². The monoisotopic (exact) mass is 489 g/mol. The highest BCUT2D eigenvalue weighted by Crippen LogP contribution is 2.37. The molecule has 0 unspecified atom stereocenters. The molecular formula is C32H31N3O2. The van der Waals surface area contributed by atoms with Crippen molar-refractivity contribution in [1.29, 1.82) is 5.26 Å². The second-order valence-corrected chi connectivity index (χ2v) is 10.2. The van der Waals surface area contributed by atoms with Crippen LogP contribution < -0.4 is 4.90 Å². The Morgan fingerprint density at radius 1 is 1.05 bits per heavy atom. The van der Waals surface area contributed by atoms with E-state index in [4.69, 9.17) is 4.74 Å². The number of nitriles is 1. The van der Waals surface area contributed by atoms with E-state index in [0.717, 1.165) is 41.6 Å². The van der Waals surface area contributed by atoms with E-state index in [-0.39, 0.29) is 11.5 Å². The number of aromatic nitrogens is 1. The van der Waals surface area contributed by atoms with E-state index < -0.39 is 0 Å². The number of carbonyl (C=O) groups is 1. The molecule has 5 nitrogen and oxygen atoms in total. The first kappa shape index (κ1) is 24.5. The lowest BCUT2D eigenvalue weighted by Crippen LogP contribution is -2.32. The Balaban J connectivity index is 1.64. The average Bonchev–Trinajstić information content (AvgIpc) is 3.30. The summed E-state index contributed by atoms with van der Waals surface area (Å²) in [4.78, 5) is 15.5. The first-order valence-corrected chi connectivity index (χ1v) is 12.7. The Hall–Kier alpha value is -4.14. The summed E-state index contributed by atoms with van der Waals surface area (Å²) in [7, 11) is 1.77. The Kier molecular flexibility index (Phi) is 6.69. The molecule has 0 bridgehead atoms. The molecule has 0 saturated carbocycles. The minimum Gasteiger partial charge on any atom is -0.376 e. The highest BCUT2D eigenvalue weighted by atomic mass is 16.5. The number of nitrogens with zero attached hydrogens (tertiary/aromatic N) is 3. The number of benzene rings is 3. The number of fused-ring (bicyclic) bond motifs is 1. The highest BCUT2D eigenvalue weighted by molar-refractivity contribution is 6.09. The quantitative estimate of drug-likeness (QED) is 0.281. The first-order valence-electron chi connectivity index (χ1n) is 12.7.